The number of aromatic nitrogens is 2. The molecule has 2 aromatic carbocycles. The average molecular weight is 397 g/mol. The van der Waals surface area contributed by atoms with E-state index in [-0.39, 0.29) is 28.7 Å². The van der Waals surface area contributed by atoms with E-state index in [1.165, 1.54) is 12.1 Å². The van der Waals surface area contributed by atoms with Gasteiger partial charge >= 0.3 is 0 Å². The van der Waals surface area contributed by atoms with Gasteiger partial charge < -0.3 is 4.74 Å². The topological polar surface area (TPSA) is 95.5 Å². The van der Waals surface area contributed by atoms with Crippen LogP contribution >= 0.6 is 23.2 Å². The summed E-state index contributed by atoms with van der Waals surface area (Å²) in [4.78, 5) is 0. The monoisotopic (exact) mass is 396 g/mol. The Morgan fingerprint density at radius 3 is 2.77 bits per heavy atom. The molecule has 1 aromatic heterocycles. The summed E-state index contributed by atoms with van der Waals surface area (Å²) < 4.78 is 23.4. The molecule has 0 aliphatic heterocycles. The van der Waals surface area contributed by atoms with Gasteiger partial charge in [-0.2, -0.15) is 0 Å². The van der Waals surface area contributed by atoms with E-state index in [1.807, 2.05) is 0 Å². The zero-order valence-electron chi connectivity index (χ0n) is 13.0. The molecule has 2 N–H and O–H groups in total. The van der Waals surface area contributed by atoms with Gasteiger partial charge in [0.25, 0.3) is 0 Å². The van der Waals surface area contributed by atoms with Gasteiger partial charge in [0.2, 0.25) is 0 Å². The van der Waals surface area contributed by atoms with Crippen molar-refractivity contribution in [2.75, 3.05) is 5.06 Å². The summed E-state index contributed by atoms with van der Waals surface area (Å²) in [6, 6.07) is 10.2. The van der Waals surface area contributed by atoms with Gasteiger partial charge in [0, 0.05) is 5.02 Å². The lowest BCUT2D eigenvalue weighted by Crippen LogP contribution is -2.28. The number of nitrogens with zero attached hydrogens (tertiary/aromatic N) is 3. The molecule has 0 saturated heterocycles. The van der Waals surface area contributed by atoms with Crippen LogP contribution in [0.2, 0.25) is 10.0 Å². The number of anilines is 1. The van der Waals surface area contributed by atoms with Crippen molar-refractivity contribution in [1.82, 2.24) is 10.3 Å². The second kappa shape index (κ2) is 7.69. The lowest BCUT2D eigenvalue weighted by Gasteiger charge is -2.16. The maximum absolute atomic E-state index is 13.2. The van der Waals surface area contributed by atoms with Crippen LogP contribution in [0.25, 0.3) is 0 Å². The molecule has 10 heteroatoms. The third-order valence-electron chi connectivity index (χ3n) is 3.31. The molecule has 0 bridgehead atoms. The highest BCUT2D eigenvalue weighted by Crippen LogP contribution is 2.23. The highest BCUT2D eigenvalue weighted by atomic mass is 35.5. The van der Waals surface area contributed by atoms with Crippen molar-refractivity contribution >= 4 is 34.7 Å². The van der Waals surface area contributed by atoms with E-state index in [0.717, 1.165) is 6.07 Å². The van der Waals surface area contributed by atoms with Crippen molar-refractivity contribution in [3.8, 4) is 5.75 Å². The van der Waals surface area contributed by atoms with Crippen molar-refractivity contribution < 1.29 is 19.0 Å². The summed E-state index contributed by atoms with van der Waals surface area (Å²) in [5.41, 5.74) is 0.211. The van der Waals surface area contributed by atoms with Crippen LogP contribution in [0.3, 0.4) is 0 Å². The first-order valence-corrected chi connectivity index (χ1v) is 7.94. The van der Waals surface area contributed by atoms with E-state index in [4.69, 9.17) is 33.3 Å². The van der Waals surface area contributed by atoms with E-state index in [2.05, 4.69) is 14.9 Å². The molecule has 0 amide bonds. The van der Waals surface area contributed by atoms with Gasteiger partial charge in [0.05, 0.1) is 10.7 Å². The Balaban J connectivity index is 1.76. The Morgan fingerprint density at radius 2 is 2.04 bits per heavy atom. The van der Waals surface area contributed by atoms with Gasteiger partial charge in [-0.25, -0.2) is 14.1 Å². The largest absolute Gasteiger partial charge is 0.487 e. The van der Waals surface area contributed by atoms with Crippen LogP contribution < -0.4 is 9.80 Å². The Hall–Kier alpha value is -2.68. The minimum atomic E-state index is -0.644. The zero-order valence-corrected chi connectivity index (χ0v) is 14.5. The Kier molecular flexibility index (Phi) is 5.36. The lowest BCUT2D eigenvalue weighted by atomic mass is 10.2. The summed E-state index contributed by atoms with van der Waals surface area (Å²) >= 11 is 11.6. The number of nitrogens with one attached hydrogen (secondary N) is 1. The molecule has 3 rings (SSSR count). The minimum Gasteiger partial charge on any atom is -0.487 e. The van der Waals surface area contributed by atoms with Gasteiger partial charge in [-0.15, -0.1) is 0 Å². The average Bonchev–Trinajstić information content (AvgIpc) is 3.09. The number of hydrogen-bond acceptors (Lipinski definition) is 6. The van der Waals surface area contributed by atoms with Crippen molar-refractivity contribution in [3.05, 3.63) is 69.7 Å². The molecular formula is C16H11Cl2FN4O3. The van der Waals surface area contributed by atoms with Gasteiger partial charge in [-0.1, -0.05) is 34.4 Å². The highest BCUT2D eigenvalue weighted by Gasteiger charge is 2.22. The molecule has 1 heterocycles. The third-order valence-corrected chi connectivity index (χ3v) is 3.84. The number of hydrogen-bond donors (Lipinski definition) is 2. The van der Waals surface area contributed by atoms with Gasteiger partial charge in [-0.05, 0) is 41.6 Å². The van der Waals surface area contributed by atoms with E-state index >= 15 is 0 Å². The first kappa shape index (κ1) is 18.1. The van der Waals surface area contributed by atoms with Gasteiger partial charge in [0.1, 0.15) is 18.2 Å². The van der Waals surface area contributed by atoms with Gasteiger partial charge in [-0.3, -0.25) is 10.6 Å². The minimum absolute atomic E-state index is 0.0463. The molecule has 0 saturated carbocycles. The predicted octanol–water partition coefficient (Wildman–Crippen LogP) is 4.32. The lowest BCUT2D eigenvalue weighted by molar-refractivity contribution is 0.270. The smallest absolute Gasteiger partial charge is 0.182 e. The number of amidine groups is 1. The molecule has 7 nitrogen and oxygen atoms in total. The first-order valence-electron chi connectivity index (χ1n) is 7.18. The number of halogens is 3. The van der Waals surface area contributed by atoms with Crippen molar-refractivity contribution in [2.45, 2.75) is 6.61 Å². The van der Waals surface area contributed by atoms with Gasteiger partial charge in [0.15, 0.2) is 17.2 Å². The number of hydroxylamine groups is 1. The Labute approximate surface area is 156 Å². The second-order valence-electron chi connectivity index (χ2n) is 5.06. The summed E-state index contributed by atoms with van der Waals surface area (Å²) in [5.74, 6) is -0.600. The molecule has 0 radical (unpaired) electrons. The van der Waals surface area contributed by atoms with E-state index in [0.29, 0.717) is 15.8 Å². The molecule has 0 aliphatic rings. The number of benzene rings is 2. The van der Waals surface area contributed by atoms with Crippen LogP contribution in [0.5, 0.6) is 5.75 Å². The molecular weight excluding hydrogens is 386 g/mol. The first-order chi connectivity index (χ1) is 12.5. The highest BCUT2D eigenvalue weighted by molar-refractivity contribution is 6.31. The van der Waals surface area contributed by atoms with Crippen molar-refractivity contribution in [2.24, 2.45) is 0 Å². The molecule has 3 aromatic rings. The predicted molar refractivity (Wildman–Crippen MR) is 92.6 cm³/mol. The quantitative estimate of drug-likeness (QED) is 0.378. The molecule has 134 valence electrons. The molecule has 26 heavy (non-hydrogen) atoms. The molecule has 0 fully saturated rings. The third kappa shape index (κ3) is 3.93. The fourth-order valence-electron chi connectivity index (χ4n) is 2.04. The molecule has 0 atom stereocenters. The Morgan fingerprint density at radius 1 is 1.23 bits per heavy atom. The van der Waals surface area contributed by atoms with Crippen LogP contribution in [0, 0.1) is 11.2 Å². The molecule has 0 unspecified atom stereocenters. The van der Waals surface area contributed by atoms with Crippen molar-refractivity contribution in [3.63, 3.8) is 0 Å². The van der Waals surface area contributed by atoms with Crippen molar-refractivity contribution in [1.29, 1.82) is 5.41 Å². The summed E-state index contributed by atoms with van der Waals surface area (Å²) in [5, 5.41) is 26.3. The van der Waals surface area contributed by atoms with Crippen LogP contribution in [0.15, 0.2) is 47.1 Å². The van der Waals surface area contributed by atoms with Crippen LogP contribution in [-0.2, 0) is 6.61 Å². The SMILES string of the molecule is N=C(c1nonc1COc1cccc(Cl)c1)N(O)c1ccc(F)c(Cl)c1. The Bertz CT molecular complexity index is 951. The van der Waals surface area contributed by atoms with E-state index in [1.54, 1.807) is 24.3 Å². The number of rotatable bonds is 5. The van der Waals surface area contributed by atoms with Crippen LogP contribution in [-0.4, -0.2) is 21.4 Å². The normalized spacial score (nSPS) is 10.6. The van der Waals surface area contributed by atoms with E-state index in [9.17, 15) is 9.60 Å². The summed E-state index contributed by atoms with van der Waals surface area (Å²) in [6.07, 6.45) is 0. The maximum atomic E-state index is 13.2. The molecule has 0 aliphatic carbocycles. The maximum Gasteiger partial charge on any atom is 0.182 e. The standard InChI is InChI=1S/C16H11Cl2FN4O3/c17-9-2-1-3-11(6-9)25-8-14-15(22-26-21-14)16(20)23(24)10-4-5-13(19)12(18)7-10/h1-7,20,24H,8H2. The zero-order chi connectivity index (χ0) is 18.7. The fourth-order valence-corrected chi connectivity index (χ4v) is 2.39. The summed E-state index contributed by atoms with van der Waals surface area (Å²) in [6.45, 7) is -0.0699. The number of ether oxygens (including phenoxy) is 1. The molecule has 0 spiro atoms. The second-order valence-corrected chi connectivity index (χ2v) is 5.91. The van der Waals surface area contributed by atoms with E-state index < -0.39 is 11.7 Å². The van der Waals surface area contributed by atoms with Crippen LogP contribution in [0.1, 0.15) is 11.4 Å². The fraction of sp³-hybridized carbons (Fsp3) is 0.0625. The van der Waals surface area contributed by atoms with Crippen LogP contribution in [0.4, 0.5) is 10.1 Å². The summed E-state index contributed by atoms with van der Waals surface area (Å²) in [7, 11) is 0.